The normalized spacial score (nSPS) is 21.2. The number of amidine groups is 1. The van der Waals surface area contributed by atoms with Crippen LogP contribution in [0.5, 0.6) is 0 Å². The van der Waals surface area contributed by atoms with Gasteiger partial charge in [-0.05, 0) is 0 Å². The molecule has 3 heteroatoms. The van der Waals surface area contributed by atoms with Gasteiger partial charge in [0.25, 0.3) is 0 Å². The molecule has 1 aliphatic rings. The summed E-state index contributed by atoms with van der Waals surface area (Å²) < 4.78 is 5.78. The van der Waals surface area contributed by atoms with Gasteiger partial charge in [0.05, 0.1) is 6.26 Å². The van der Waals surface area contributed by atoms with E-state index in [1.807, 2.05) is 18.4 Å². The van der Waals surface area contributed by atoms with Gasteiger partial charge in [0.15, 0.2) is 0 Å². The molecule has 1 aromatic carbocycles. The summed E-state index contributed by atoms with van der Waals surface area (Å²) in [7, 11) is 2.06. The third-order valence-electron chi connectivity index (χ3n) is 3.63. The molecule has 0 bridgehead atoms. The summed E-state index contributed by atoms with van der Waals surface area (Å²) in [5.74, 6) is 5.06. The molecule has 3 rings (SSSR count). The summed E-state index contributed by atoms with van der Waals surface area (Å²) in [6.07, 6.45) is 7.99. The first-order valence-electron chi connectivity index (χ1n) is 6.43. The van der Waals surface area contributed by atoms with Crippen molar-refractivity contribution in [1.29, 1.82) is 0 Å². The van der Waals surface area contributed by atoms with Gasteiger partial charge in [-0.15, -0.1) is 6.42 Å². The van der Waals surface area contributed by atoms with Crippen LogP contribution in [-0.4, -0.2) is 30.9 Å². The summed E-state index contributed by atoms with van der Waals surface area (Å²) >= 11 is 0. The fraction of sp³-hybridized carbons (Fsp3) is 0.312. The molecule has 1 atom stereocenters. The van der Waals surface area contributed by atoms with Crippen LogP contribution in [0.1, 0.15) is 18.1 Å². The predicted octanol–water partition coefficient (Wildman–Crippen LogP) is 2.88. The van der Waals surface area contributed by atoms with Crippen LogP contribution in [0.2, 0.25) is 0 Å². The second kappa shape index (κ2) is 4.81. The number of terminal acetylenes is 1. The van der Waals surface area contributed by atoms with Gasteiger partial charge in [0, 0.05) is 36.7 Å². The second-order valence-corrected chi connectivity index (χ2v) is 4.91. The largest absolute Gasteiger partial charge is 0.468 e. The molecule has 0 amide bonds. The van der Waals surface area contributed by atoms with E-state index in [0.717, 1.165) is 29.9 Å². The first-order chi connectivity index (χ1) is 9.29. The summed E-state index contributed by atoms with van der Waals surface area (Å²) in [6, 6.07) is 8.27. The van der Waals surface area contributed by atoms with Gasteiger partial charge >= 0.3 is 0 Å². The highest BCUT2D eigenvalue weighted by Gasteiger charge is 2.29. The molecule has 0 spiro atoms. The zero-order valence-electron chi connectivity index (χ0n) is 11.0. The van der Waals surface area contributed by atoms with Gasteiger partial charge in [-0.3, -0.25) is 4.99 Å². The minimum atomic E-state index is 0.362. The van der Waals surface area contributed by atoms with Gasteiger partial charge in [-0.2, -0.15) is 0 Å². The second-order valence-electron chi connectivity index (χ2n) is 4.91. The zero-order chi connectivity index (χ0) is 13.2. The van der Waals surface area contributed by atoms with Crippen LogP contribution in [0, 0.1) is 12.3 Å². The maximum Gasteiger partial charge on any atom is 0.116 e. The Bertz CT molecular complexity index is 663. The fourth-order valence-corrected chi connectivity index (χ4v) is 2.71. The number of likely N-dealkylation sites (tertiary alicyclic amines) is 1. The van der Waals surface area contributed by atoms with Crippen LogP contribution in [0.4, 0.5) is 0 Å². The summed E-state index contributed by atoms with van der Waals surface area (Å²) in [4.78, 5) is 6.59. The average molecular weight is 252 g/mol. The van der Waals surface area contributed by atoms with Crippen molar-refractivity contribution < 1.29 is 4.42 Å². The van der Waals surface area contributed by atoms with Crippen molar-refractivity contribution in [3.05, 3.63) is 36.3 Å². The third-order valence-corrected chi connectivity index (χ3v) is 3.63. The first kappa shape index (κ1) is 11.9. The Labute approximate surface area is 112 Å². The number of fused-ring (bicyclic) bond motifs is 1. The molecule has 0 aliphatic carbocycles. The minimum absolute atomic E-state index is 0.362. The van der Waals surface area contributed by atoms with E-state index in [9.17, 15) is 0 Å². The molecule has 0 saturated carbocycles. The average Bonchev–Trinajstić information content (AvgIpc) is 3.00. The highest BCUT2D eigenvalue weighted by molar-refractivity contribution is 5.88. The van der Waals surface area contributed by atoms with E-state index < -0.39 is 0 Å². The monoisotopic (exact) mass is 252 g/mol. The van der Waals surface area contributed by atoms with Crippen LogP contribution >= 0.6 is 0 Å². The molecule has 3 nitrogen and oxygen atoms in total. The number of hydrogen-bond donors (Lipinski definition) is 0. The molecule has 96 valence electrons. The summed E-state index contributed by atoms with van der Waals surface area (Å²) in [6.45, 7) is 1.38. The SMILES string of the molecule is C#CCN=C1CC(c2occ3ccccc23)CN1C. The fourth-order valence-electron chi connectivity index (χ4n) is 2.71. The topological polar surface area (TPSA) is 28.7 Å². The van der Waals surface area contributed by atoms with E-state index >= 15 is 0 Å². The summed E-state index contributed by atoms with van der Waals surface area (Å²) in [5.41, 5.74) is 0. The van der Waals surface area contributed by atoms with Crippen molar-refractivity contribution >= 4 is 16.6 Å². The van der Waals surface area contributed by atoms with E-state index in [1.165, 1.54) is 5.39 Å². The van der Waals surface area contributed by atoms with Crippen molar-refractivity contribution in [3.63, 3.8) is 0 Å². The van der Waals surface area contributed by atoms with Crippen LogP contribution in [0.25, 0.3) is 10.8 Å². The Hall–Kier alpha value is -2.21. The number of likely N-dealkylation sites (N-methyl/N-ethyl adjacent to an activating group) is 1. The molecule has 0 N–H and O–H groups in total. The zero-order valence-corrected chi connectivity index (χ0v) is 11.0. The Balaban J connectivity index is 1.90. The third kappa shape index (κ3) is 2.10. The Morgan fingerprint density at radius 2 is 2.32 bits per heavy atom. The number of rotatable bonds is 2. The number of aliphatic imine (C=N–C) groups is 1. The number of nitrogens with zero attached hydrogens (tertiary/aromatic N) is 2. The molecule has 1 saturated heterocycles. The van der Waals surface area contributed by atoms with E-state index in [0.29, 0.717) is 12.5 Å². The standard InChI is InChI=1S/C16H16N2O/c1-3-8-17-15-9-13(10-18(15)2)16-14-7-5-4-6-12(14)11-19-16/h1,4-7,11,13H,8-10H2,2H3. The number of benzene rings is 1. The molecule has 1 fully saturated rings. The molecular formula is C16H16N2O. The lowest BCUT2D eigenvalue weighted by Gasteiger charge is -2.10. The van der Waals surface area contributed by atoms with Gasteiger partial charge in [-0.1, -0.05) is 30.2 Å². The van der Waals surface area contributed by atoms with Crippen LogP contribution in [0.15, 0.2) is 39.9 Å². The lowest BCUT2D eigenvalue weighted by molar-refractivity contribution is 0.443. The number of furan rings is 1. The molecule has 2 aromatic rings. The van der Waals surface area contributed by atoms with Gasteiger partial charge in [0.1, 0.15) is 18.1 Å². The molecule has 1 aromatic heterocycles. The maximum atomic E-state index is 5.78. The van der Waals surface area contributed by atoms with Crippen molar-refractivity contribution in [3.8, 4) is 12.3 Å². The maximum absolute atomic E-state index is 5.78. The molecular weight excluding hydrogens is 236 g/mol. The van der Waals surface area contributed by atoms with Gasteiger partial charge in [0.2, 0.25) is 0 Å². The quantitative estimate of drug-likeness (QED) is 0.769. The Kier molecular flexibility index (Phi) is 3.00. The van der Waals surface area contributed by atoms with E-state index in [4.69, 9.17) is 10.8 Å². The van der Waals surface area contributed by atoms with Crippen molar-refractivity contribution in [2.45, 2.75) is 12.3 Å². The van der Waals surface area contributed by atoms with Crippen LogP contribution < -0.4 is 0 Å². The van der Waals surface area contributed by atoms with Crippen LogP contribution in [-0.2, 0) is 0 Å². The molecule has 2 heterocycles. The predicted molar refractivity (Wildman–Crippen MR) is 77.3 cm³/mol. The molecule has 1 aliphatic heterocycles. The van der Waals surface area contributed by atoms with Crippen LogP contribution in [0.3, 0.4) is 0 Å². The van der Waals surface area contributed by atoms with Crippen molar-refractivity contribution in [2.24, 2.45) is 4.99 Å². The van der Waals surface area contributed by atoms with Crippen molar-refractivity contribution in [1.82, 2.24) is 4.90 Å². The lowest BCUT2D eigenvalue weighted by atomic mass is 10.0. The van der Waals surface area contributed by atoms with E-state index in [-0.39, 0.29) is 0 Å². The number of hydrogen-bond acceptors (Lipinski definition) is 2. The highest BCUT2D eigenvalue weighted by atomic mass is 16.3. The van der Waals surface area contributed by atoms with E-state index in [2.05, 4.69) is 35.0 Å². The summed E-state index contributed by atoms with van der Waals surface area (Å²) in [5, 5.41) is 2.37. The smallest absolute Gasteiger partial charge is 0.116 e. The molecule has 1 unspecified atom stereocenters. The van der Waals surface area contributed by atoms with Crippen molar-refractivity contribution in [2.75, 3.05) is 20.1 Å². The minimum Gasteiger partial charge on any atom is -0.468 e. The van der Waals surface area contributed by atoms with E-state index in [1.54, 1.807) is 0 Å². The van der Waals surface area contributed by atoms with Gasteiger partial charge < -0.3 is 9.32 Å². The highest BCUT2D eigenvalue weighted by Crippen LogP contribution is 2.34. The lowest BCUT2D eigenvalue weighted by Crippen LogP contribution is -2.19. The molecule has 0 radical (unpaired) electrons. The first-order valence-corrected chi connectivity index (χ1v) is 6.43. The molecule has 19 heavy (non-hydrogen) atoms. The Morgan fingerprint density at radius 1 is 1.47 bits per heavy atom. The van der Waals surface area contributed by atoms with Gasteiger partial charge in [-0.25, -0.2) is 0 Å². The Morgan fingerprint density at radius 3 is 3.16 bits per heavy atom.